The van der Waals surface area contributed by atoms with Crippen molar-refractivity contribution in [1.29, 1.82) is 0 Å². The van der Waals surface area contributed by atoms with Gasteiger partial charge in [0.1, 0.15) is 6.61 Å². The molecule has 0 radical (unpaired) electrons. The second kappa shape index (κ2) is 3.26. The lowest BCUT2D eigenvalue weighted by atomic mass is 10.1. The lowest BCUT2D eigenvalue weighted by Gasteiger charge is -2.08. The van der Waals surface area contributed by atoms with Crippen LogP contribution in [0.3, 0.4) is 0 Å². The SMILES string of the molecule is O=C1N[C@@H](c2ccccc2Cl)CO1. The Bertz CT molecular complexity index is 340. The third-order valence-electron chi connectivity index (χ3n) is 1.95. The Morgan fingerprint density at radius 3 is 2.85 bits per heavy atom. The number of carbonyl (C=O) groups is 1. The number of alkyl carbamates (subject to hydrolysis) is 1. The molecule has 0 saturated carbocycles. The first-order chi connectivity index (χ1) is 6.27. The van der Waals surface area contributed by atoms with Gasteiger partial charge in [-0.1, -0.05) is 29.8 Å². The molecule has 1 aliphatic heterocycles. The standard InChI is InChI=1S/C9H8ClNO2/c10-7-4-2-1-3-6(7)8-5-13-9(12)11-8/h1-4,8H,5H2,(H,11,12)/t8-/m1/s1. The molecule has 1 aliphatic rings. The van der Waals surface area contributed by atoms with Crippen LogP contribution in [0.1, 0.15) is 11.6 Å². The van der Waals surface area contributed by atoms with Gasteiger partial charge >= 0.3 is 6.09 Å². The van der Waals surface area contributed by atoms with E-state index in [9.17, 15) is 4.79 Å². The van der Waals surface area contributed by atoms with Crippen LogP contribution >= 0.6 is 11.6 Å². The Kier molecular flexibility index (Phi) is 2.10. The van der Waals surface area contributed by atoms with Crippen molar-refractivity contribution < 1.29 is 9.53 Å². The van der Waals surface area contributed by atoms with Crippen LogP contribution in [0, 0.1) is 0 Å². The number of hydrogen-bond acceptors (Lipinski definition) is 2. The molecular formula is C9H8ClNO2. The van der Waals surface area contributed by atoms with Crippen LogP contribution in [0.4, 0.5) is 4.79 Å². The van der Waals surface area contributed by atoms with E-state index in [1.54, 1.807) is 6.07 Å². The Hall–Kier alpha value is -1.22. The lowest BCUT2D eigenvalue weighted by Crippen LogP contribution is -2.18. The van der Waals surface area contributed by atoms with Crippen LogP contribution in [-0.2, 0) is 4.74 Å². The molecule has 1 atom stereocenters. The Morgan fingerprint density at radius 1 is 1.46 bits per heavy atom. The number of halogens is 1. The second-order valence-electron chi connectivity index (χ2n) is 2.82. The van der Waals surface area contributed by atoms with Crippen molar-refractivity contribution in [2.45, 2.75) is 6.04 Å². The van der Waals surface area contributed by atoms with Gasteiger partial charge in [0.2, 0.25) is 0 Å². The number of cyclic esters (lactones) is 1. The van der Waals surface area contributed by atoms with Crippen LogP contribution in [-0.4, -0.2) is 12.7 Å². The van der Waals surface area contributed by atoms with E-state index in [1.807, 2.05) is 18.2 Å². The quantitative estimate of drug-likeness (QED) is 0.749. The molecule has 0 unspecified atom stereocenters. The van der Waals surface area contributed by atoms with E-state index in [0.29, 0.717) is 11.6 Å². The van der Waals surface area contributed by atoms with Crippen molar-refractivity contribution in [3.63, 3.8) is 0 Å². The molecule has 1 heterocycles. The predicted molar refractivity (Wildman–Crippen MR) is 48.7 cm³/mol. The molecule has 13 heavy (non-hydrogen) atoms. The van der Waals surface area contributed by atoms with E-state index in [1.165, 1.54) is 0 Å². The van der Waals surface area contributed by atoms with Gasteiger partial charge in [-0.15, -0.1) is 0 Å². The minimum absolute atomic E-state index is 0.110. The van der Waals surface area contributed by atoms with E-state index in [2.05, 4.69) is 5.32 Å². The van der Waals surface area contributed by atoms with Crippen molar-refractivity contribution in [3.05, 3.63) is 34.9 Å². The maximum Gasteiger partial charge on any atom is 0.407 e. The lowest BCUT2D eigenvalue weighted by molar-refractivity contribution is 0.177. The summed E-state index contributed by atoms with van der Waals surface area (Å²) in [7, 11) is 0. The average molecular weight is 198 g/mol. The monoisotopic (exact) mass is 197 g/mol. The number of benzene rings is 1. The summed E-state index contributed by atoms with van der Waals surface area (Å²) in [4.78, 5) is 10.8. The van der Waals surface area contributed by atoms with Crippen molar-refractivity contribution in [2.75, 3.05) is 6.61 Å². The zero-order valence-corrected chi connectivity index (χ0v) is 7.54. The van der Waals surface area contributed by atoms with Crippen LogP contribution in [0.15, 0.2) is 24.3 Å². The van der Waals surface area contributed by atoms with Gasteiger partial charge in [-0.3, -0.25) is 0 Å². The molecule has 1 aromatic rings. The van der Waals surface area contributed by atoms with Crippen molar-refractivity contribution in [1.82, 2.24) is 5.32 Å². The first-order valence-electron chi connectivity index (χ1n) is 3.95. The number of hydrogen-bond donors (Lipinski definition) is 1. The van der Waals surface area contributed by atoms with Gasteiger partial charge in [-0.05, 0) is 11.6 Å². The van der Waals surface area contributed by atoms with Crippen molar-refractivity contribution >= 4 is 17.7 Å². The van der Waals surface area contributed by atoms with Crippen molar-refractivity contribution in [2.24, 2.45) is 0 Å². The summed E-state index contributed by atoms with van der Waals surface area (Å²) >= 11 is 5.95. The van der Waals surface area contributed by atoms with Crippen LogP contribution < -0.4 is 5.32 Å². The van der Waals surface area contributed by atoms with Gasteiger partial charge in [-0.2, -0.15) is 0 Å². The van der Waals surface area contributed by atoms with Gasteiger partial charge in [0.15, 0.2) is 0 Å². The molecule has 0 spiro atoms. The van der Waals surface area contributed by atoms with Gasteiger partial charge in [0.25, 0.3) is 0 Å². The first-order valence-corrected chi connectivity index (χ1v) is 4.33. The molecule has 68 valence electrons. The van der Waals surface area contributed by atoms with Gasteiger partial charge < -0.3 is 10.1 Å². The number of carbonyl (C=O) groups excluding carboxylic acids is 1. The first kappa shape index (κ1) is 8.38. The van der Waals surface area contributed by atoms with Gasteiger partial charge in [0.05, 0.1) is 6.04 Å². The zero-order valence-electron chi connectivity index (χ0n) is 6.79. The molecule has 1 amide bonds. The zero-order chi connectivity index (χ0) is 9.26. The second-order valence-corrected chi connectivity index (χ2v) is 3.22. The highest BCUT2D eigenvalue weighted by Crippen LogP contribution is 2.25. The van der Waals surface area contributed by atoms with E-state index in [4.69, 9.17) is 16.3 Å². The maximum atomic E-state index is 10.8. The Labute approximate surface area is 80.6 Å². The fraction of sp³-hybridized carbons (Fsp3) is 0.222. The smallest absolute Gasteiger partial charge is 0.407 e. The average Bonchev–Trinajstić information content (AvgIpc) is 2.53. The molecule has 0 aromatic heterocycles. The molecule has 1 N–H and O–H groups in total. The summed E-state index contributed by atoms with van der Waals surface area (Å²) in [5, 5.41) is 3.32. The fourth-order valence-electron chi connectivity index (χ4n) is 1.31. The normalized spacial score (nSPS) is 21.0. The minimum atomic E-state index is -0.384. The van der Waals surface area contributed by atoms with E-state index < -0.39 is 0 Å². The maximum absolute atomic E-state index is 10.8. The molecule has 4 heteroatoms. The molecule has 2 rings (SSSR count). The highest BCUT2D eigenvalue weighted by Gasteiger charge is 2.24. The summed E-state index contributed by atoms with van der Waals surface area (Å²) in [5.74, 6) is 0. The molecule has 1 fully saturated rings. The molecule has 1 saturated heterocycles. The van der Waals surface area contributed by atoms with E-state index in [0.717, 1.165) is 5.56 Å². The van der Waals surface area contributed by atoms with Gasteiger partial charge in [-0.25, -0.2) is 4.79 Å². The van der Waals surface area contributed by atoms with Crippen LogP contribution in [0.2, 0.25) is 5.02 Å². The van der Waals surface area contributed by atoms with E-state index in [-0.39, 0.29) is 12.1 Å². The third kappa shape index (κ3) is 1.60. The third-order valence-corrected chi connectivity index (χ3v) is 2.30. The summed E-state index contributed by atoms with van der Waals surface area (Å²) < 4.78 is 4.77. The Balaban J connectivity index is 2.26. The van der Waals surface area contributed by atoms with Gasteiger partial charge in [0, 0.05) is 5.02 Å². The van der Waals surface area contributed by atoms with Crippen LogP contribution in [0.5, 0.6) is 0 Å². The topological polar surface area (TPSA) is 38.3 Å². The minimum Gasteiger partial charge on any atom is -0.447 e. The molecule has 0 bridgehead atoms. The van der Waals surface area contributed by atoms with Crippen molar-refractivity contribution in [3.8, 4) is 0 Å². The molecule has 3 nitrogen and oxygen atoms in total. The highest BCUT2D eigenvalue weighted by atomic mass is 35.5. The largest absolute Gasteiger partial charge is 0.447 e. The van der Waals surface area contributed by atoms with Crippen LogP contribution in [0.25, 0.3) is 0 Å². The molecule has 1 aromatic carbocycles. The Morgan fingerprint density at radius 2 is 2.23 bits per heavy atom. The summed E-state index contributed by atoms with van der Waals surface area (Å²) in [6, 6.07) is 7.29. The molecule has 0 aliphatic carbocycles. The number of rotatable bonds is 1. The number of ether oxygens (including phenoxy) is 1. The summed E-state index contributed by atoms with van der Waals surface area (Å²) in [5.41, 5.74) is 0.898. The summed E-state index contributed by atoms with van der Waals surface area (Å²) in [6.07, 6.45) is -0.384. The number of nitrogens with one attached hydrogen (secondary N) is 1. The molecular weight excluding hydrogens is 190 g/mol. The summed E-state index contributed by atoms with van der Waals surface area (Å²) in [6.45, 7) is 0.350. The number of amides is 1. The predicted octanol–water partition coefficient (Wildman–Crippen LogP) is 2.12. The highest BCUT2D eigenvalue weighted by molar-refractivity contribution is 6.31. The van der Waals surface area contributed by atoms with E-state index >= 15 is 0 Å². The fourth-order valence-corrected chi connectivity index (χ4v) is 1.58.